The number of halogens is 1. The minimum Gasteiger partial charge on any atom is -0.495 e. The second-order valence-electron chi connectivity index (χ2n) is 5.51. The Balaban J connectivity index is 1.85. The zero-order valence-corrected chi connectivity index (χ0v) is 14.0. The molecule has 0 aliphatic carbocycles. The van der Waals surface area contributed by atoms with Crippen molar-refractivity contribution in [2.24, 2.45) is 0 Å². The standard InChI is InChI=1S/C16H24ClN3O2/c1-3-6-19-7-9-20(10-8-19)12-16(21)18-14-11-13(17)4-5-15(14)22-2/h4-5,11H,3,6-10,12H2,1-2H3,(H,18,21). The number of ether oxygens (including phenoxy) is 1. The molecule has 1 saturated heterocycles. The van der Waals surface area contributed by atoms with Crippen LogP contribution >= 0.6 is 11.6 Å². The van der Waals surface area contributed by atoms with Crippen LogP contribution in [0, 0.1) is 0 Å². The van der Waals surface area contributed by atoms with Crippen molar-refractivity contribution in [3.63, 3.8) is 0 Å². The van der Waals surface area contributed by atoms with Crippen molar-refractivity contribution in [1.82, 2.24) is 9.80 Å². The van der Waals surface area contributed by atoms with E-state index >= 15 is 0 Å². The van der Waals surface area contributed by atoms with Gasteiger partial charge in [-0.15, -0.1) is 0 Å². The summed E-state index contributed by atoms with van der Waals surface area (Å²) < 4.78 is 5.24. The highest BCUT2D eigenvalue weighted by Gasteiger charge is 2.18. The van der Waals surface area contributed by atoms with Crippen LogP contribution in [0.25, 0.3) is 0 Å². The summed E-state index contributed by atoms with van der Waals surface area (Å²) in [5.41, 5.74) is 0.615. The predicted molar refractivity (Wildman–Crippen MR) is 89.8 cm³/mol. The Morgan fingerprint density at radius 2 is 1.95 bits per heavy atom. The molecule has 5 nitrogen and oxygen atoms in total. The lowest BCUT2D eigenvalue weighted by atomic mass is 10.2. The molecule has 2 rings (SSSR count). The summed E-state index contributed by atoms with van der Waals surface area (Å²) in [6, 6.07) is 5.20. The number of carbonyl (C=O) groups excluding carboxylic acids is 1. The Hall–Kier alpha value is -1.30. The van der Waals surface area contributed by atoms with Crippen LogP contribution in [0.1, 0.15) is 13.3 Å². The molecule has 122 valence electrons. The fourth-order valence-corrected chi connectivity index (χ4v) is 2.83. The van der Waals surface area contributed by atoms with Gasteiger partial charge in [0.15, 0.2) is 0 Å². The first-order chi connectivity index (χ1) is 10.6. The molecule has 0 bridgehead atoms. The zero-order chi connectivity index (χ0) is 15.9. The Morgan fingerprint density at radius 1 is 1.27 bits per heavy atom. The Labute approximate surface area is 137 Å². The molecule has 1 N–H and O–H groups in total. The summed E-state index contributed by atoms with van der Waals surface area (Å²) in [6.45, 7) is 7.65. The van der Waals surface area contributed by atoms with Gasteiger partial charge in [-0.05, 0) is 31.2 Å². The van der Waals surface area contributed by atoms with E-state index in [0.29, 0.717) is 23.0 Å². The average molecular weight is 326 g/mol. The van der Waals surface area contributed by atoms with Crippen LogP contribution in [0.4, 0.5) is 5.69 Å². The summed E-state index contributed by atoms with van der Waals surface area (Å²) >= 11 is 5.97. The van der Waals surface area contributed by atoms with E-state index in [0.717, 1.165) is 32.7 Å². The summed E-state index contributed by atoms with van der Waals surface area (Å²) in [7, 11) is 1.58. The monoisotopic (exact) mass is 325 g/mol. The van der Waals surface area contributed by atoms with Crippen LogP contribution < -0.4 is 10.1 Å². The third-order valence-corrected chi connectivity index (χ3v) is 4.04. The van der Waals surface area contributed by atoms with Crippen LogP contribution in [0.5, 0.6) is 5.75 Å². The largest absolute Gasteiger partial charge is 0.495 e. The third kappa shape index (κ3) is 4.87. The van der Waals surface area contributed by atoms with E-state index in [2.05, 4.69) is 22.0 Å². The van der Waals surface area contributed by atoms with Gasteiger partial charge in [-0.2, -0.15) is 0 Å². The number of methoxy groups -OCH3 is 1. The number of carbonyl (C=O) groups is 1. The van der Waals surface area contributed by atoms with Gasteiger partial charge in [0.05, 0.1) is 19.3 Å². The van der Waals surface area contributed by atoms with E-state index in [1.165, 1.54) is 6.42 Å². The van der Waals surface area contributed by atoms with E-state index < -0.39 is 0 Å². The molecule has 0 aromatic heterocycles. The van der Waals surface area contributed by atoms with Crippen LogP contribution in [-0.2, 0) is 4.79 Å². The SMILES string of the molecule is CCCN1CCN(CC(=O)Nc2cc(Cl)ccc2OC)CC1. The van der Waals surface area contributed by atoms with Crippen molar-refractivity contribution < 1.29 is 9.53 Å². The fraction of sp³-hybridized carbons (Fsp3) is 0.562. The molecule has 0 unspecified atom stereocenters. The lowest BCUT2D eigenvalue weighted by molar-refractivity contribution is -0.117. The average Bonchev–Trinajstić information content (AvgIpc) is 2.50. The molecule has 1 aromatic rings. The summed E-state index contributed by atoms with van der Waals surface area (Å²) in [5.74, 6) is 0.579. The van der Waals surface area contributed by atoms with Gasteiger partial charge in [0.1, 0.15) is 5.75 Å². The van der Waals surface area contributed by atoms with Crippen LogP contribution in [0.2, 0.25) is 5.02 Å². The molecule has 1 fully saturated rings. The van der Waals surface area contributed by atoms with E-state index in [1.807, 2.05) is 0 Å². The van der Waals surface area contributed by atoms with E-state index in [1.54, 1.807) is 25.3 Å². The van der Waals surface area contributed by atoms with Crippen molar-refractivity contribution in [3.05, 3.63) is 23.2 Å². The quantitative estimate of drug-likeness (QED) is 0.872. The molecule has 1 heterocycles. The topological polar surface area (TPSA) is 44.8 Å². The highest BCUT2D eigenvalue weighted by atomic mass is 35.5. The van der Waals surface area contributed by atoms with Crippen LogP contribution in [0.3, 0.4) is 0 Å². The molecule has 1 amide bonds. The van der Waals surface area contributed by atoms with E-state index in [4.69, 9.17) is 16.3 Å². The van der Waals surface area contributed by atoms with Gasteiger partial charge in [-0.3, -0.25) is 9.69 Å². The maximum absolute atomic E-state index is 12.2. The number of piperazine rings is 1. The second-order valence-corrected chi connectivity index (χ2v) is 5.95. The lowest BCUT2D eigenvalue weighted by Gasteiger charge is -2.34. The number of nitrogens with one attached hydrogen (secondary N) is 1. The number of anilines is 1. The molecular weight excluding hydrogens is 302 g/mol. The molecule has 6 heteroatoms. The number of hydrogen-bond acceptors (Lipinski definition) is 4. The van der Waals surface area contributed by atoms with Crippen molar-refractivity contribution >= 4 is 23.2 Å². The van der Waals surface area contributed by atoms with Crippen LogP contribution in [-0.4, -0.2) is 62.1 Å². The normalized spacial score (nSPS) is 16.5. The summed E-state index contributed by atoms with van der Waals surface area (Å²) in [5, 5.41) is 3.46. The molecule has 0 radical (unpaired) electrons. The van der Waals surface area contributed by atoms with Crippen molar-refractivity contribution in [2.75, 3.05) is 51.7 Å². The predicted octanol–water partition coefficient (Wildman–Crippen LogP) is 2.31. The van der Waals surface area contributed by atoms with Gasteiger partial charge in [0.2, 0.25) is 5.91 Å². The fourth-order valence-electron chi connectivity index (χ4n) is 2.66. The first-order valence-corrected chi connectivity index (χ1v) is 8.08. The van der Waals surface area contributed by atoms with Gasteiger partial charge in [-0.25, -0.2) is 0 Å². The highest BCUT2D eigenvalue weighted by molar-refractivity contribution is 6.31. The van der Waals surface area contributed by atoms with Gasteiger partial charge in [0, 0.05) is 31.2 Å². The first kappa shape index (κ1) is 17.1. The Morgan fingerprint density at radius 3 is 2.59 bits per heavy atom. The van der Waals surface area contributed by atoms with E-state index in [-0.39, 0.29) is 5.91 Å². The van der Waals surface area contributed by atoms with Gasteiger partial charge < -0.3 is 15.0 Å². The molecule has 1 aliphatic heterocycles. The van der Waals surface area contributed by atoms with E-state index in [9.17, 15) is 4.79 Å². The Kier molecular flexibility index (Phi) is 6.49. The van der Waals surface area contributed by atoms with Gasteiger partial charge in [0.25, 0.3) is 0 Å². The van der Waals surface area contributed by atoms with Crippen molar-refractivity contribution in [2.45, 2.75) is 13.3 Å². The molecule has 1 aliphatic rings. The Bertz CT molecular complexity index is 502. The first-order valence-electron chi connectivity index (χ1n) is 7.70. The minimum absolute atomic E-state index is 0.0375. The maximum atomic E-state index is 12.2. The minimum atomic E-state index is -0.0375. The second kappa shape index (κ2) is 8.36. The molecule has 22 heavy (non-hydrogen) atoms. The number of benzene rings is 1. The highest BCUT2D eigenvalue weighted by Crippen LogP contribution is 2.27. The zero-order valence-electron chi connectivity index (χ0n) is 13.3. The smallest absolute Gasteiger partial charge is 0.238 e. The van der Waals surface area contributed by atoms with Gasteiger partial charge >= 0.3 is 0 Å². The van der Waals surface area contributed by atoms with Crippen molar-refractivity contribution in [1.29, 1.82) is 0 Å². The lowest BCUT2D eigenvalue weighted by Crippen LogP contribution is -2.48. The number of amides is 1. The molecule has 0 spiro atoms. The molecule has 0 saturated carbocycles. The maximum Gasteiger partial charge on any atom is 0.238 e. The number of hydrogen-bond donors (Lipinski definition) is 1. The van der Waals surface area contributed by atoms with Gasteiger partial charge in [-0.1, -0.05) is 18.5 Å². The van der Waals surface area contributed by atoms with Crippen LogP contribution in [0.15, 0.2) is 18.2 Å². The molecular formula is C16H24ClN3O2. The number of nitrogens with zero attached hydrogens (tertiary/aromatic N) is 2. The number of rotatable bonds is 6. The van der Waals surface area contributed by atoms with Crippen molar-refractivity contribution in [3.8, 4) is 5.75 Å². The summed E-state index contributed by atoms with van der Waals surface area (Å²) in [6.07, 6.45) is 1.18. The summed E-state index contributed by atoms with van der Waals surface area (Å²) in [4.78, 5) is 16.8. The molecule has 0 atom stereocenters. The molecule has 1 aromatic carbocycles. The third-order valence-electron chi connectivity index (χ3n) is 3.81.